The molecule has 3 aromatic rings. The highest BCUT2D eigenvalue weighted by Gasteiger charge is 2.13. The van der Waals surface area contributed by atoms with Crippen LogP contribution in [0.15, 0.2) is 66.7 Å². The summed E-state index contributed by atoms with van der Waals surface area (Å²) < 4.78 is 10.1. The van der Waals surface area contributed by atoms with Crippen LogP contribution in [0.2, 0.25) is 0 Å². The smallest absolute Gasteiger partial charge is 0.338 e. The van der Waals surface area contributed by atoms with Crippen LogP contribution in [-0.4, -0.2) is 37.0 Å². The number of amides is 2. The van der Waals surface area contributed by atoms with Crippen molar-refractivity contribution >= 4 is 45.9 Å². The number of benzene rings is 3. The van der Waals surface area contributed by atoms with Crippen molar-refractivity contribution in [1.82, 2.24) is 0 Å². The molecule has 0 spiro atoms. The van der Waals surface area contributed by atoms with Gasteiger partial charge in [0.25, 0.3) is 5.91 Å². The SMILES string of the molecule is CC(C)COC(=O)c1ccc(NC(=O)CCC(=O)OCC(=O)Nc2cccc3ccccc23)cc1. The van der Waals surface area contributed by atoms with Crippen molar-refractivity contribution in [3.63, 3.8) is 0 Å². The van der Waals surface area contributed by atoms with E-state index in [9.17, 15) is 19.2 Å². The van der Waals surface area contributed by atoms with Crippen LogP contribution >= 0.6 is 0 Å². The summed E-state index contributed by atoms with van der Waals surface area (Å²) in [5, 5.41) is 7.25. The van der Waals surface area contributed by atoms with E-state index < -0.39 is 30.4 Å². The molecule has 0 saturated carbocycles. The Morgan fingerprint density at radius 2 is 1.49 bits per heavy atom. The van der Waals surface area contributed by atoms with E-state index in [4.69, 9.17) is 9.47 Å². The lowest BCUT2D eigenvalue weighted by Gasteiger charge is -2.10. The third-order valence-electron chi connectivity index (χ3n) is 4.94. The summed E-state index contributed by atoms with van der Waals surface area (Å²) in [5.41, 5.74) is 1.50. The van der Waals surface area contributed by atoms with Gasteiger partial charge in [0.05, 0.1) is 18.6 Å². The number of nitrogens with one attached hydrogen (secondary N) is 2. The second-order valence-electron chi connectivity index (χ2n) is 8.35. The summed E-state index contributed by atoms with van der Waals surface area (Å²) in [6.07, 6.45) is -0.283. The van der Waals surface area contributed by atoms with Crippen molar-refractivity contribution < 1.29 is 28.7 Å². The molecule has 0 bridgehead atoms. The van der Waals surface area contributed by atoms with Crippen LogP contribution in [-0.2, 0) is 23.9 Å². The maximum Gasteiger partial charge on any atom is 0.338 e. The highest BCUT2D eigenvalue weighted by Crippen LogP contribution is 2.22. The van der Waals surface area contributed by atoms with Gasteiger partial charge in [-0.15, -0.1) is 0 Å². The largest absolute Gasteiger partial charge is 0.462 e. The molecule has 182 valence electrons. The minimum Gasteiger partial charge on any atom is -0.462 e. The van der Waals surface area contributed by atoms with E-state index >= 15 is 0 Å². The van der Waals surface area contributed by atoms with Crippen LogP contribution in [0.1, 0.15) is 37.0 Å². The Bertz CT molecular complexity index is 1200. The predicted molar refractivity (Wildman–Crippen MR) is 133 cm³/mol. The summed E-state index contributed by atoms with van der Waals surface area (Å²) >= 11 is 0. The topological polar surface area (TPSA) is 111 Å². The van der Waals surface area contributed by atoms with Crippen LogP contribution in [0.3, 0.4) is 0 Å². The molecular weight excluding hydrogens is 448 g/mol. The van der Waals surface area contributed by atoms with E-state index in [-0.39, 0.29) is 18.8 Å². The Morgan fingerprint density at radius 3 is 2.23 bits per heavy atom. The van der Waals surface area contributed by atoms with Crippen LogP contribution < -0.4 is 10.6 Å². The van der Waals surface area contributed by atoms with E-state index in [0.717, 1.165) is 10.8 Å². The number of rotatable bonds is 10. The van der Waals surface area contributed by atoms with Gasteiger partial charge in [-0.1, -0.05) is 50.2 Å². The lowest BCUT2D eigenvalue weighted by molar-refractivity contribution is -0.147. The predicted octanol–water partition coefficient (Wildman–Crippen LogP) is 4.55. The highest BCUT2D eigenvalue weighted by atomic mass is 16.5. The van der Waals surface area contributed by atoms with Gasteiger partial charge in [-0.3, -0.25) is 14.4 Å². The molecule has 0 aliphatic rings. The van der Waals surface area contributed by atoms with Crippen molar-refractivity contribution in [2.45, 2.75) is 26.7 Å². The first-order valence-electron chi connectivity index (χ1n) is 11.3. The molecule has 0 fully saturated rings. The fourth-order valence-corrected chi connectivity index (χ4v) is 3.19. The zero-order valence-electron chi connectivity index (χ0n) is 19.7. The number of esters is 2. The molecule has 8 heteroatoms. The van der Waals surface area contributed by atoms with E-state index in [1.54, 1.807) is 30.3 Å². The molecule has 2 N–H and O–H groups in total. The molecule has 0 unspecified atom stereocenters. The molecule has 0 aliphatic carbocycles. The first kappa shape index (κ1) is 25.4. The van der Waals surface area contributed by atoms with Gasteiger partial charge in [0.2, 0.25) is 5.91 Å². The number of hydrogen-bond acceptors (Lipinski definition) is 6. The Kier molecular flexibility index (Phi) is 8.95. The lowest BCUT2D eigenvalue weighted by atomic mass is 10.1. The normalized spacial score (nSPS) is 10.6. The number of carbonyl (C=O) groups excluding carboxylic acids is 4. The van der Waals surface area contributed by atoms with Crippen LogP contribution in [0, 0.1) is 5.92 Å². The molecule has 3 aromatic carbocycles. The fourth-order valence-electron chi connectivity index (χ4n) is 3.19. The van der Waals surface area contributed by atoms with Crippen LogP contribution in [0.4, 0.5) is 11.4 Å². The summed E-state index contributed by atoms with van der Waals surface area (Å²) in [4.78, 5) is 48.2. The molecular formula is C27H28N2O6. The standard InChI is InChI=1S/C27H28N2O6/c1-18(2)16-35-27(33)20-10-12-21(13-11-20)28-24(30)14-15-26(32)34-17-25(31)29-23-9-5-7-19-6-3-4-8-22(19)23/h3-13,18H,14-17H2,1-2H3,(H,28,30)(H,29,31). The van der Waals surface area contributed by atoms with Gasteiger partial charge in [-0.25, -0.2) is 4.79 Å². The van der Waals surface area contributed by atoms with Crippen LogP contribution in [0.25, 0.3) is 10.8 Å². The molecule has 35 heavy (non-hydrogen) atoms. The minimum atomic E-state index is -0.656. The molecule has 3 rings (SSSR count). The molecule has 0 heterocycles. The Labute approximate surface area is 203 Å². The Morgan fingerprint density at radius 1 is 0.771 bits per heavy atom. The summed E-state index contributed by atoms with van der Waals surface area (Å²) in [6, 6.07) is 19.4. The third kappa shape index (κ3) is 7.96. The highest BCUT2D eigenvalue weighted by molar-refractivity contribution is 6.03. The minimum absolute atomic E-state index is 0.109. The third-order valence-corrected chi connectivity index (χ3v) is 4.94. The summed E-state index contributed by atoms with van der Waals surface area (Å²) in [7, 11) is 0. The number of ether oxygens (including phenoxy) is 2. The van der Waals surface area contributed by atoms with Gasteiger partial charge in [0.15, 0.2) is 6.61 Å². The summed E-state index contributed by atoms with van der Waals surface area (Å²) in [5.74, 6) is -1.70. The zero-order valence-corrected chi connectivity index (χ0v) is 19.7. The molecule has 0 aromatic heterocycles. The van der Waals surface area contributed by atoms with Gasteiger partial charge >= 0.3 is 11.9 Å². The molecule has 0 saturated heterocycles. The number of fused-ring (bicyclic) bond motifs is 1. The van der Waals surface area contributed by atoms with Gasteiger partial charge in [-0.05, 0) is 41.6 Å². The quantitative estimate of drug-likeness (QED) is 0.415. The first-order chi connectivity index (χ1) is 16.8. The Balaban J connectivity index is 1.39. The van der Waals surface area contributed by atoms with E-state index in [1.807, 2.05) is 50.2 Å². The molecule has 2 amide bonds. The van der Waals surface area contributed by atoms with E-state index in [0.29, 0.717) is 23.5 Å². The van der Waals surface area contributed by atoms with E-state index in [1.165, 1.54) is 0 Å². The van der Waals surface area contributed by atoms with E-state index in [2.05, 4.69) is 10.6 Å². The zero-order chi connectivity index (χ0) is 25.2. The Hall–Kier alpha value is -4.20. The number of anilines is 2. The fraction of sp³-hybridized carbons (Fsp3) is 0.259. The van der Waals surface area contributed by atoms with Crippen molar-refractivity contribution in [3.8, 4) is 0 Å². The van der Waals surface area contributed by atoms with Crippen LogP contribution in [0.5, 0.6) is 0 Å². The number of hydrogen-bond donors (Lipinski definition) is 2. The lowest BCUT2D eigenvalue weighted by Crippen LogP contribution is -2.22. The monoisotopic (exact) mass is 476 g/mol. The van der Waals surface area contributed by atoms with Gasteiger partial charge in [0.1, 0.15) is 0 Å². The average Bonchev–Trinajstić information content (AvgIpc) is 2.85. The van der Waals surface area contributed by atoms with Crippen molar-refractivity contribution in [1.29, 1.82) is 0 Å². The summed E-state index contributed by atoms with van der Waals surface area (Å²) in [6.45, 7) is 3.78. The van der Waals surface area contributed by atoms with Crippen molar-refractivity contribution in [2.75, 3.05) is 23.8 Å². The average molecular weight is 477 g/mol. The maximum atomic E-state index is 12.2. The molecule has 0 aliphatic heterocycles. The van der Waals surface area contributed by atoms with Gasteiger partial charge in [-0.2, -0.15) is 0 Å². The first-order valence-corrected chi connectivity index (χ1v) is 11.3. The maximum absolute atomic E-state index is 12.2. The molecule has 0 radical (unpaired) electrons. The number of carbonyl (C=O) groups is 4. The van der Waals surface area contributed by atoms with Gasteiger partial charge < -0.3 is 20.1 Å². The van der Waals surface area contributed by atoms with Crippen molar-refractivity contribution in [2.24, 2.45) is 5.92 Å². The van der Waals surface area contributed by atoms with Crippen molar-refractivity contribution in [3.05, 3.63) is 72.3 Å². The second-order valence-corrected chi connectivity index (χ2v) is 8.35. The second kappa shape index (κ2) is 12.3. The molecule has 0 atom stereocenters. The van der Waals surface area contributed by atoms with Gasteiger partial charge in [0, 0.05) is 23.2 Å². The molecule has 8 nitrogen and oxygen atoms in total.